The smallest absolute Gasteiger partial charge is 0.155 e. The largest absolute Gasteiger partial charge is 0.450 e. The van der Waals surface area contributed by atoms with E-state index in [0.29, 0.717) is 0 Å². The van der Waals surface area contributed by atoms with E-state index in [1.165, 1.54) is 0 Å². The zero-order valence-electron chi connectivity index (χ0n) is 3.17. The van der Waals surface area contributed by atoms with Gasteiger partial charge < -0.3 is 0 Å². The molecule has 0 nitrogen and oxygen atoms in total. The van der Waals surface area contributed by atoms with Crippen molar-refractivity contribution in [3.63, 3.8) is 0 Å². The summed E-state index contributed by atoms with van der Waals surface area (Å²) in [4.78, 5) is -0.750. The minimum atomic E-state index is -0.750. The highest BCUT2D eigenvalue weighted by atomic mass is 35.7. The molecule has 0 atom stereocenters. The van der Waals surface area contributed by atoms with E-state index < -0.39 is 13.1 Å². The van der Waals surface area contributed by atoms with Crippen LogP contribution in [0.4, 0.5) is 0 Å². The first-order valence-electron chi connectivity index (χ1n) is 1.19. The average Bonchev–Trinajstić information content (AvgIpc) is 1.33. The highest BCUT2D eigenvalue weighted by Crippen LogP contribution is 1.97. The van der Waals surface area contributed by atoms with E-state index in [4.69, 9.17) is 56.5 Å². The standard InChI is InChI=1S/BCl3.Cl2H2Si/c2-1(3)4;1-3-2/h;3H2. The zero-order chi connectivity index (χ0) is 6.28. The molecule has 0 amide bonds. The first kappa shape index (κ1) is 11.5. The lowest BCUT2D eigenvalue weighted by molar-refractivity contribution is 4.07. The van der Waals surface area contributed by atoms with Gasteiger partial charge in [0.1, 0.15) is 0 Å². The summed E-state index contributed by atoms with van der Waals surface area (Å²) in [5.74, 6) is 0. The average molecular weight is 218 g/mol. The molecule has 0 heterocycles. The Morgan fingerprint density at radius 3 is 1.00 bits per heavy atom. The van der Waals surface area contributed by atoms with E-state index in [1.807, 2.05) is 0 Å². The van der Waals surface area contributed by atoms with Crippen molar-refractivity contribution in [3.8, 4) is 0 Å². The molecule has 0 N–H and O–H groups in total. The Morgan fingerprint density at radius 1 is 1.00 bits per heavy atom. The molecule has 0 fully saturated rings. The van der Waals surface area contributed by atoms with Crippen LogP contribution < -0.4 is 0 Å². The Morgan fingerprint density at radius 2 is 1.00 bits per heavy atom. The predicted octanol–water partition coefficient (Wildman–Crippen LogP) is 2.15. The molecule has 0 bridgehead atoms. The molecule has 0 aromatic carbocycles. The second-order valence-electron chi connectivity index (χ2n) is 0.348. The zero-order valence-corrected chi connectivity index (χ0v) is 8.37. The minimum absolute atomic E-state index is 0.639. The molecule has 0 radical (unpaired) electrons. The van der Waals surface area contributed by atoms with Gasteiger partial charge in [0.05, 0.1) is 0 Å². The Hall–Kier alpha value is 1.73. The fourth-order valence-electron chi connectivity index (χ4n) is 0. The van der Waals surface area contributed by atoms with Crippen LogP contribution in [0.2, 0.25) is 0 Å². The molecule has 0 aromatic rings. The van der Waals surface area contributed by atoms with E-state index in [0.717, 1.165) is 0 Å². The summed E-state index contributed by atoms with van der Waals surface area (Å²) in [6.45, 7) is 0. The maximum absolute atomic E-state index is 4.90. The molecule has 7 heavy (non-hydrogen) atoms. The molecule has 0 aliphatic rings. The summed E-state index contributed by atoms with van der Waals surface area (Å²) in [6, 6.07) is 0. The molecule has 0 saturated carbocycles. The van der Waals surface area contributed by atoms with Crippen molar-refractivity contribution >= 4 is 69.6 Å². The summed E-state index contributed by atoms with van der Waals surface area (Å²) in [7, 11) is -0.639. The van der Waals surface area contributed by atoms with Crippen LogP contribution in [0, 0.1) is 0 Å². The van der Waals surface area contributed by atoms with Crippen molar-refractivity contribution in [1.82, 2.24) is 0 Å². The van der Waals surface area contributed by atoms with Crippen LogP contribution >= 0.6 is 56.5 Å². The van der Waals surface area contributed by atoms with Crippen LogP contribution in [0.15, 0.2) is 0 Å². The normalized spacial score (nSPS) is 6.43. The molecular weight excluding hydrogens is 216 g/mol. The van der Waals surface area contributed by atoms with Gasteiger partial charge in [-0.05, 0) is 0 Å². The fraction of sp³-hybridized carbons (Fsp3) is 0. The van der Waals surface area contributed by atoms with Gasteiger partial charge in [0.25, 0.3) is 0 Å². The quantitative estimate of drug-likeness (QED) is 0.431. The van der Waals surface area contributed by atoms with E-state index in [9.17, 15) is 0 Å². The molecule has 0 aliphatic carbocycles. The topological polar surface area (TPSA) is 0 Å². The van der Waals surface area contributed by atoms with Crippen LogP contribution in [-0.4, -0.2) is 13.1 Å². The van der Waals surface area contributed by atoms with Crippen LogP contribution in [0.25, 0.3) is 0 Å². The molecule has 7 heteroatoms. The summed E-state index contributed by atoms with van der Waals surface area (Å²) >= 11 is 24.2. The van der Waals surface area contributed by atoms with E-state index in [-0.39, 0.29) is 0 Å². The number of hydrogen-bond donors (Lipinski definition) is 0. The molecule has 0 rings (SSSR count). The van der Waals surface area contributed by atoms with Gasteiger partial charge in [-0.1, -0.05) is 0 Å². The molecule has 0 aliphatic heterocycles. The van der Waals surface area contributed by atoms with Gasteiger partial charge in [0.15, 0.2) is 0 Å². The lowest BCUT2D eigenvalue weighted by Gasteiger charge is -1.61. The molecule has 0 aromatic heterocycles. The third-order valence-electron chi connectivity index (χ3n) is 0. The third-order valence-corrected chi connectivity index (χ3v) is 0. The van der Waals surface area contributed by atoms with E-state index >= 15 is 0 Å². The first-order chi connectivity index (χ1) is 3.15. The predicted molar refractivity (Wildman–Crippen MR) is 43.6 cm³/mol. The van der Waals surface area contributed by atoms with Crippen LogP contribution in [0.3, 0.4) is 0 Å². The van der Waals surface area contributed by atoms with Gasteiger partial charge in [0.2, 0.25) is 8.14 Å². The molecule has 0 unspecified atom stereocenters. The second kappa shape index (κ2) is 10.7. The number of halogens is 5. The van der Waals surface area contributed by atoms with Gasteiger partial charge in [-0.15, -0.1) is 0 Å². The SMILES string of the molecule is ClB(Cl)Cl.Cl[SiH2]Cl. The molecular formula is H2BCl5Si. The van der Waals surface area contributed by atoms with Crippen molar-refractivity contribution in [2.45, 2.75) is 0 Å². The van der Waals surface area contributed by atoms with Gasteiger partial charge >= 0.3 is 4.96 Å². The lowest BCUT2D eigenvalue weighted by atomic mass is 10.7. The van der Waals surface area contributed by atoms with E-state index in [1.54, 1.807) is 0 Å². The molecule has 44 valence electrons. The van der Waals surface area contributed by atoms with Crippen molar-refractivity contribution in [3.05, 3.63) is 0 Å². The van der Waals surface area contributed by atoms with Crippen molar-refractivity contribution < 1.29 is 0 Å². The van der Waals surface area contributed by atoms with Crippen LogP contribution in [0.5, 0.6) is 0 Å². The van der Waals surface area contributed by atoms with Crippen LogP contribution in [-0.2, 0) is 0 Å². The Kier molecular flexibility index (Phi) is 17.5. The van der Waals surface area contributed by atoms with Gasteiger partial charge in [-0.25, -0.2) is 0 Å². The maximum atomic E-state index is 4.90. The lowest BCUT2D eigenvalue weighted by Crippen LogP contribution is -1.66. The number of hydrogen-bond acceptors (Lipinski definition) is 0. The summed E-state index contributed by atoms with van der Waals surface area (Å²) < 4.78 is 0. The fourth-order valence-corrected chi connectivity index (χ4v) is 0. The first-order valence-corrected chi connectivity index (χ1v) is 6.77. The minimum Gasteiger partial charge on any atom is -0.155 e. The Balaban J connectivity index is 0. The summed E-state index contributed by atoms with van der Waals surface area (Å²) in [5, 5.41) is 0. The van der Waals surface area contributed by atoms with Gasteiger partial charge in [0, 0.05) is 0 Å². The second-order valence-corrected chi connectivity index (χ2v) is 4.95. The van der Waals surface area contributed by atoms with Crippen LogP contribution in [0.1, 0.15) is 0 Å². The monoisotopic (exact) mass is 216 g/mol. The van der Waals surface area contributed by atoms with Crippen molar-refractivity contribution in [1.29, 1.82) is 0 Å². The maximum Gasteiger partial charge on any atom is 0.450 e. The van der Waals surface area contributed by atoms with Gasteiger partial charge in [-0.2, -0.15) is 56.5 Å². The van der Waals surface area contributed by atoms with Crippen molar-refractivity contribution in [2.75, 3.05) is 0 Å². The molecule has 0 saturated heterocycles. The Labute approximate surface area is 69.5 Å². The van der Waals surface area contributed by atoms with E-state index in [2.05, 4.69) is 0 Å². The highest BCUT2D eigenvalue weighted by molar-refractivity contribution is 7.54. The third kappa shape index (κ3) is 84.7. The summed E-state index contributed by atoms with van der Waals surface area (Å²) in [6.07, 6.45) is 0. The summed E-state index contributed by atoms with van der Waals surface area (Å²) in [5.41, 5.74) is 0. The Bertz CT molecular complexity index is 19.3. The van der Waals surface area contributed by atoms with Crippen molar-refractivity contribution in [2.24, 2.45) is 0 Å². The molecule has 0 spiro atoms. The highest BCUT2D eigenvalue weighted by Gasteiger charge is 1.91. The van der Waals surface area contributed by atoms with Gasteiger partial charge in [-0.3, -0.25) is 0 Å². The number of rotatable bonds is 0.